The SMILES string of the molecule is Clc1ccc([O][Zr][O]c2ccc(Cl)c(Cl)c2)cc1Cl. The van der Waals surface area contributed by atoms with Crippen LogP contribution in [0.3, 0.4) is 0 Å². The molecule has 19 heavy (non-hydrogen) atoms. The fraction of sp³-hybridized carbons (Fsp3) is 0. The molecule has 0 aliphatic rings. The maximum atomic E-state index is 5.88. The predicted octanol–water partition coefficient (Wildman–Crippen LogP) is 5.67. The van der Waals surface area contributed by atoms with Crippen LogP contribution in [0.4, 0.5) is 0 Å². The van der Waals surface area contributed by atoms with Gasteiger partial charge >= 0.3 is 144 Å². The van der Waals surface area contributed by atoms with Crippen LogP contribution in [0.25, 0.3) is 0 Å². The van der Waals surface area contributed by atoms with Crippen LogP contribution >= 0.6 is 46.4 Å². The molecule has 0 N–H and O–H groups in total. The molecule has 0 atom stereocenters. The molecule has 2 rings (SSSR count). The summed E-state index contributed by atoms with van der Waals surface area (Å²) in [5.74, 6) is 1.28. The van der Waals surface area contributed by atoms with E-state index in [-0.39, 0.29) is 0 Å². The van der Waals surface area contributed by atoms with Crippen LogP contribution in [0.15, 0.2) is 36.4 Å². The minimum absolute atomic E-state index is 0.452. The van der Waals surface area contributed by atoms with Gasteiger partial charge in [-0.2, -0.15) is 0 Å². The third-order valence-corrected chi connectivity index (χ3v) is 5.15. The predicted molar refractivity (Wildman–Crippen MR) is 74.2 cm³/mol. The normalized spacial score (nSPS) is 10.1. The van der Waals surface area contributed by atoms with E-state index in [0.29, 0.717) is 31.6 Å². The van der Waals surface area contributed by atoms with Crippen molar-refractivity contribution in [2.75, 3.05) is 0 Å². The van der Waals surface area contributed by atoms with Gasteiger partial charge < -0.3 is 0 Å². The Balaban J connectivity index is 1.92. The molecule has 0 radical (unpaired) electrons. The van der Waals surface area contributed by atoms with Crippen molar-refractivity contribution < 1.29 is 29.7 Å². The first-order valence-electron chi connectivity index (χ1n) is 5.05. The molecule has 98 valence electrons. The van der Waals surface area contributed by atoms with Gasteiger partial charge in [0.1, 0.15) is 0 Å². The van der Waals surface area contributed by atoms with Gasteiger partial charge in [-0.15, -0.1) is 0 Å². The average molecular weight is 415 g/mol. The first-order chi connectivity index (χ1) is 9.06. The molecule has 2 aromatic carbocycles. The Morgan fingerprint density at radius 1 is 0.632 bits per heavy atom. The van der Waals surface area contributed by atoms with Gasteiger partial charge in [0.2, 0.25) is 0 Å². The second-order valence-electron chi connectivity index (χ2n) is 3.44. The van der Waals surface area contributed by atoms with Crippen molar-refractivity contribution >= 4 is 46.4 Å². The van der Waals surface area contributed by atoms with Crippen molar-refractivity contribution in [2.24, 2.45) is 0 Å². The summed E-state index contributed by atoms with van der Waals surface area (Å²) in [6.07, 6.45) is 0. The van der Waals surface area contributed by atoms with Crippen LogP contribution in [0.2, 0.25) is 20.1 Å². The Labute approximate surface area is 143 Å². The third kappa shape index (κ3) is 4.54. The number of halogens is 4. The zero-order valence-corrected chi connectivity index (χ0v) is 14.8. The van der Waals surface area contributed by atoms with Gasteiger partial charge in [0, 0.05) is 0 Å². The van der Waals surface area contributed by atoms with E-state index in [0.717, 1.165) is 0 Å². The van der Waals surface area contributed by atoms with Crippen molar-refractivity contribution in [3.8, 4) is 11.5 Å². The second kappa shape index (κ2) is 7.19. The summed E-state index contributed by atoms with van der Waals surface area (Å²) in [6.45, 7) is 0. The van der Waals surface area contributed by atoms with Crippen LogP contribution in [-0.4, -0.2) is 0 Å². The van der Waals surface area contributed by atoms with E-state index in [1.807, 2.05) is 0 Å². The van der Waals surface area contributed by atoms with E-state index in [1.165, 1.54) is 0 Å². The average Bonchev–Trinajstić information content (AvgIpc) is 2.38. The molecule has 0 saturated heterocycles. The summed E-state index contributed by atoms with van der Waals surface area (Å²) in [7, 11) is 0. The molecule has 0 amide bonds. The number of hydrogen-bond donors (Lipinski definition) is 0. The van der Waals surface area contributed by atoms with Crippen LogP contribution in [0.1, 0.15) is 0 Å². The summed E-state index contributed by atoms with van der Waals surface area (Å²) in [5, 5.41) is 1.88. The third-order valence-electron chi connectivity index (χ3n) is 2.10. The molecule has 2 nitrogen and oxygen atoms in total. The second-order valence-corrected chi connectivity index (χ2v) is 6.48. The van der Waals surface area contributed by atoms with Gasteiger partial charge in [0.15, 0.2) is 0 Å². The Morgan fingerprint density at radius 2 is 1.05 bits per heavy atom. The van der Waals surface area contributed by atoms with Gasteiger partial charge in [-0.05, 0) is 0 Å². The fourth-order valence-electron chi connectivity index (χ4n) is 1.20. The van der Waals surface area contributed by atoms with E-state index < -0.39 is 24.1 Å². The van der Waals surface area contributed by atoms with Crippen molar-refractivity contribution in [1.29, 1.82) is 0 Å². The zero-order chi connectivity index (χ0) is 13.8. The molecule has 0 aliphatic heterocycles. The first-order valence-corrected chi connectivity index (χ1v) is 8.57. The van der Waals surface area contributed by atoms with Crippen molar-refractivity contribution in [3.05, 3.63) is 56.5 Å². The number of hydrogen-bond acceptors (Lipinski definition) is 2. The van der Waals surface area contributed by atoms with E-state index in [9.17, 15) is 0 Å². The molecule has 0 aliphatic carbocycles. The Hall–Kier alpha value is 0.0831. The zero-order valence-electron chi connectivity index (χ0n) is 9.29. The molecular formula is C12H6Cl4O2Zr. The van der Waals surface area contributed by atoms with Gasteiger partial charge in [0.25, 0.3) is 0 Å². The van der Waals surface area contributed by atoms with Crippen LogP contribution in [0.5, 0.6) is 11.5 Å². The molecule has 0 bridgehead atoms. The topological polar surface area (TPSA) is 18.5 Å². The molecule has 0 fully saturated rings. The van der Waals surface area contributed by atoms with E-state index in [1.54, 1.807) is 36.4 Å². The van der Waals surface area contributed by atoms with E-state index in [4.69, 9.17) is 52.0 Å². The van der Waals surface area contributed by atoms with Gasteiger partial charge in [-0.3, -0.25) is 0 Å². The summed E-state index contributed by atoms with van der Waals surface area (Å²) >= 11 is 21.9. The summed E-state index contributed by atoms with van der Waals surface area (Å²) < 4.78 is 11.1. The molecular weight excluding hydrogens is 409 g/mol. The minimum atomic E-state index is -1.53. The molecule has 0 saturated carbocycles. The maximum absolute atomic E-state index is 5.88. The molecule has 0 heterocycles. The van der Waals surface area contributed by atoms with Gasteiger partial charge in [0.05, 0.1) is 0 Å². The van der Waals surface area contributed by atoms with E-state index >= 15 is 0 Å². The van der Waals surface area contributed by atoms with Crippen LogP contribution in [-0.2, 0) is 24.1 Å². The van der Waals surface area contributed by atoms with Crippen LogP contribution < -0.4 is 5.63 Å². The summed E-state index contributed by atoms with van der Waals surface area (Å²) in [6, 6.07) is 10.2. The molecule has 0 unspecified atom stereocenters. The van der Waals surface area contributed by atoms with Crippen LogP contribution in [0, 0.1) is 0 Å². The molecule has 7 heteroatoms. The van der Waals surface area contributed by atoms with Crippen molar-refractivity contribution in [2.45, 2.75) is 0 Å². The molecule has 0 aromatic heterocycles. The monoisotopic (exact) mass is 412 g/mol. The van der Waals surface area contributed by atoms with Gasteiger partial charge in [-0.25, -0.2) is 0 Å². The molecule has 2 aromatic rings. The quantitative estimate of drug-likeness (QED) is 0.641. The summed E-state index contributed by atoms with van der Waals surface area (Å²) in [4.78, 5) is 0. The first kappa shape index (κ1) is 15.5. The standard InChI is InChI=1S/2C6H4Cl2O.Zr/c2*7-5-2-1-4(9)3-6(5)8;/h2*1-3,9H;/q;;+2/p-2. The Morgan fingerprint density at radius 3 is 1.42 bits per heavy atom. The number of benzene rings is 2. The van der Waals surface area contributed by atoms with Crippen molar-refractivity contribution in [1.82, 2.24) is 0 Å². The van der Waals surface area contributed by atoms with Crippen molar-refractivity contribution in [3.63, 3.8) is 0 Å². The Kier molecular flexibility index (Phi) is 5.86. The molecule has 0 spiro atoms. The fourth-order valence-corrected chi connectivity index (χ4v) is 2.97. The number of rotatable bonds is 4. The van der Waals surface area contributed by atoms with Gasteiger partial charge in [-0.1, -0.05) is 0 Å². The Bertz CT molecular complexity index is 540. The summed E-state index contributed by atoms with van der Waals surface area (Å²) in [5.41, 5.74) is 0. The van der Waals surface area contributed by atoms with E-state index in [2.05, 4.69) is 0 Å².